The number of hydrogen-bond donors (Lipinski definition) is 1. The number of amides is 2. The van der Waals surface area contributed by atoms with Gasteiger partial charge in [-0.1, -0.05) is 24.3 Å². The molecule has 1 aromatic rings. The molecule has 1 saturated carbocycles. The number of methoxy groups -OCH3 is 1. The number of β-lactam (4-membered cyclic amide) rings is 1. The molecule has 1 saturated heterocycles. The van der Waals surface area contributed by atoms with Crippen molar-refractivity contribution in [1.82, 2.24) is 10.2 Å². The van der Waals surface area contributed by atoms with E-state index in [4.69, 9.17) is 4.74 Å². The van der Waals surface area contributed by atoms with E-state index in [9.17, 15) is 9.59 Å². The summed E-state index contributed by atoms with van der Waals surface area (Å²) in [5.74, 6) is 1.52. The summed E-state index contributed by atoms with van der Waals surface area (Å²) in [6.07, 6.45) is 5.44. The van der Waals surface area contributed by atoms with Crippen LogP contribution in [-0.4, -0.2) is 35.4 Å². The minimum Gasteiger partial charge on any atom is -0.497 e. The van der Waals surface area contributed by atoms with Crippen molar-refractivity contribution in [3.8, 4) is 5.75 Å². The van der Waals surface area contributed by atoms with Gasteiger partial charge < -0.3 is 15.0 Å². The van der Waals surface area contributed by atoms with Gasteiger partial charge in [-0.2, -0.15) is 0 Å². The average molecular weight is 354 g/mol. The van der Waals surface area contributed by atoms with E-state index in [0.717, 1.165) is 17.7 Å². The molecule has 0 spiro atoms. The lowest BCUT2D eigenvalue weighted by Gasteiger charge is -2.51. The smallest absolute Gasteiger partial charge is 0.247 e. The molecule has 2 bridgehead atoms. The fourth-order valence-corrected chi connectivity index (χ4v) is 4.70. The Hall–Kier alpha value is -2.30. The van der Waals surface area contributed by atoms with Gasteiger partial charge in [0.25, 0.3) is 0 Å². The lowest BCUT2D eigenvalue weighted by atomic mass is 9.77. The molecule has 4 rings (SSSR count). The fraction of sp³-hybridized carbons (Fsp3) is 0.524. The van der Waals surface area contributed by atoms with Crippen molar-refractivity contribution in [2.45, 2.75) is 44.8 Å². The summed E-state index contributed by atoms with van der Waals surface area (Å²) in [7, 11) is 1.62. The van der Waals surface area contributed by atoms with Crippen molar-refractivity contribution >= 4 is 11.8 Å². The number of fused-ring (bicyclic) bond motifs is 5. The van der Waals surface area contributed by atoms with Crippen molar-refractivity contribution in [3.63, 3.8) is 0 Å². The molecule has 3 aliphatic rings. The van der Waals surface area contributed by atoms with Gasteiger partial charge in [-0.15, -0.1) is 0 Å². The van der Waals surface area contributed by atoms with E-state index < -0.39 is 6.04 Å². The molecule has 5 atom stereocenters. The Labute approximate surface area is 154 Å². The Morgan fingerprint density at radius 2 is 1.85 bits per heavy atom. The summed E-state index contributed by atoms with van der Waals surface area (Å²) in [5, 5.41) is 3.06. The molecule has 1 aliphatic heterocycles. The monoisotopic (exact) mass is 354 g/mol. The topological polar surface area (TPSA) is 58.6 Å². The summed E-state index contributed by atoms with van der Waals surface area (Å²) in [6, 6.07) is 7.01. The zero-order valence-electron chi connectivity index (χ0n) is 15.7. The zero-order valence-corrected chi connectivity index (χ0v) is 15.7. The third-order valence-electron chi connectivity index (χ3n) is 5.73. The van der Waals surface area contributed by atoms with Crippen LogP contribution < -0.4 is 10.1 Å². The Bertz CT molecular complexity index is 762. The van der Waals surface area contributed by atoms with Crippen LogP contribution in [0.2, 0.25) is 0 Å². The molecule has 2 aliphatic carbocycles. The number of nitrogens with zero attached hydrogens (tertiary/aromatic N) is 1. The minimum atomic E-state index is -0.596. The second-order valence-corrected chi connectivity index (χ2v) is 8.63. The second kappa shape index (κ2) is 5.86. The SMILES string of the molecule is COc1ccc(C(C(=O)NC(C)(C)C)N2C(=O)[C@H]3[C@@H]2[C@@H]2C=C[C@H]3C2)cc1. The van der Waals surface area contributed by atoms with Gasteiger partial charge in [0.05, 0.1) is 19.1 Å². The summed E-state index contributed by atoms with van der Waals surface area (Å²) in [6.45, 7) is 5.87. The Kier molecular flexibility index (Phi) is 3.86. The number of benzene rings is 1. The summed E-state index contributed by atoms with van der Waals surface area (Å²) in [5.41, 5.74) is 0.468. The van der Waals surface area contributed by atoms with Crippen molar-refractivity contribution in [3.05, 3.63) is 42.0 Å². The molecule has 1 unspecified atom stereocenters. The second-order valence-electron chi connectivity index (χ2n) is 8.63. The van der Waals surface area contributed by atoms with Gasteiger partial charge in [-0.3, -0.25) is 9.59 Å². The van der Waals surface area contributed by atoms with Crippen LogP contribution in [0.25, 0.3) is 0 Å². The molecule has 2 fully saturated rings. The number of rotatable bonds is 4. The lowest BCUT2D eigenvalue weighted by Crippen LogP contribution is -2.65. The van der Waals surface area contributed by atoms with Crippen LogP contribution in [0.1, 0.15) is 38.8 Å². The highest BCUT2D eigenvalue weighted by molar-refractivity contribution is 5.95. The van der Waals surface area contributed by atoms with Crippen molar-refractivity contribution in [1.29, 1.82) is 0 Å². The Morgan fingerprint density at radius 3 is 2.46 bits per heavy atom. The normalized spacial score (nSPS) is 30.0. The van der Waals surface area contributed by atoms with E-state index in [1.165, 1.54) is 0 Å². The quantitative estimate of drug-likeness (QED) is 0.668. The highest BCUT2D eigenvalue weighted by Gasteiger charge is 2.62. The zero-order chi connectivity index (χ0) is 18.6. The molecule has 26 heavy (non-hydrogen) atoms. The van der Waals surface area contributed by atoms with Crippen molar-refractivity contribution in [2.24, 2.45) is 17.8 Å². The predicted octanol–water partition coefficient (Wildman–Crippen LogP) is 2.68. The molecular formula is C21H26N2O3. The van der Waals surface area contributed by atoms with Gasteiger partial charge in [0.2, 0.25) is 11.8 Å². The number of carbonyl (C=O) groups is 2. The lowest BCUT2D eigenvalue weighted by molar-refractivity contribution is -0.166. The standard InChI is InChI=1S/C21H26N2O3/c1-21(2,3)22-19(24)18(12-7-9-15(26-4)10-8-12)23-17-14-6-5-13(11-14)16(17)20(23)25/h5-10,13-14,16-18H,11H2,1-4H3,(H,22,24)/t13-,14+,16+,17-,18?/m0/s1. The number of carbonyl (C=O) groups excluding carboxylic acids is 2. The maximum atomic E-state index is 13.1. The molecule has 0 aromatic heterocycles. The summed E-state index contributed by atoms with van der Waals surface area (Å²) < 4.78 is 5.23. The first kappa shape index (κ1) is 17.1. The molecular weight excluding hydrogens is 328 g/mol. The predicted molar refractivity (Wildman–Crippen MR) is 98.5 cm³/mol. The molecule has 1 N–H and O–H groups in total. The number of likely N-dealkylation sites (tertiary alicyclic amines) is 1. The first-order chi connectivity index (χ1) is 12.3. The molecule has 5 nitrogen and oxygen atoms in total. The van der Waals surface area contributed by atoms with Gasteiger partial charge in [-0.05, 0) is 56.7 Å². The number of nitrogens with one attached hydrogen (secondary N) is 1. The van der Waals surface area contributed by atoms with E-state index in [0.29, 0.717) is 11.8 Å². The molecule has 2 amide bonds. The molecule has 0 radical (unpaired) electrons. The van der Waals surface area contributed by atoms with Crippen LogP contribution in [0.3, 0.4) is 0 Å². The number of hydrogen-bond acceptors (Lipinski definition) is 3. The van der Waals surface area contributed by atoms with Crippen LogP contribution >= 0.6 is 0 Å². The van der Waals surface area contributed by atoms with E-state index in [1.54, 1.807) is 7.11 Å². The molecule has 5 heteroatoms. The van der Waals surface area contributed by atoms with E-state index in [1.807, 2.05) is 49.9 Å². The van der Waals surface area contributed by atoms with Crippen LogP contribution in [0.5, 0.6) is 5.75 Å². The fourth-order valence-electron chi connectivity index (χ4n) is 4.70. The van der Waals surface area contributed by atoms with Crippen LogP contribution in [0.4, 0.5) is 0 Å². The van der Waals surface area contributed by atoms with Crippen LogP contribution in [0.15, 0.2) is 36.4 Å². The number of ether oxygens (including phenoxy) is 1. The van der Waals surface area contributed by atoms with E-state index in [2.05, 4.69) is 17.5 Å². The summed E-state index contributed by atoms with van der Waals surface area (Å²) in [4.78, 5) is 27.9. The van der Waals surface area contributed by atoms with Crippen LogP contribution in [0, 0.1) is 17.8 Å². The van der Waals surface area contributed by atoms with Gasteiger partial charge in [0, 0.05) is 5.54 Å². The minimum absolute atomic E-state index is 0.0631. The third-order valence-corrected chi connectivity index (χ3v) is 5.73. The van der Waals surface area contributed by atoms with Crippen LogP contribution in [-0.2, 0) is 9.59 Å². The highest BCUT2D eigenvalue weighted by atomic mass is 16.5. The van der Waals surface area contributed by atoms with Gasteiger partial charge in [0.15, 0.2) is 0 Å². The summed E-state index contributed by atoms with van der Waals surface area (Å²) >= 11 is 0. The average Bonchev–Trinajstić information content (AvgIpc) is 3.16. The largest absolute Gasteiger partial charge is 0.497 e. The molecule has 1 aromatic carbocycles. The molecule has 1 heterocycles. The number of allylic oxidation sites excluding steroid dienone is 1. The third kappa shape index (κ3) is 2.61. The van der Waals surface area contributed by atoms with E-state index in [-0.39, 0.29) is 29.3 Å². The van der Waals surface area contributed by atoms with E-state index >= 15 is 0 Å². The maximum Gasteiger partial charge on any atom is 0.247 e. The Balaban J connectivity index is 1.67. The van der Waals surface area contributed by atoms with Gasteiger partial charge >= 0.3 is 0 Å². The van der Waals surface area contributed by atoms with Gasteiger partial charge in [-0.25, -0.2) is 0 Å². The van der Waals surface area contributed by atoms with Gasteiger partial charge in [0.1, 0.15) is 11.8 Å². The molecule has 138 valence electrons. The first-order valence-electron chi connectivity index (χ1n) is 9.26. The maximum absolute atomic E-state index is 13.1. The highest BCUT2D eigenvalue weighted by Crippen LogP contribution is 2.55. The van der Waals surface area contributed by atoms with Crippen molar-refractivity contribution in [2.75, 3.05) is 7.11 Å². The van der Waals surface area contributed by atoms with Crippen molar-refractivity contribution < 1.29 is 14.3 Å². The first-order valence-corrected chi connectivity index (χ1v) is 9.26. The Morgan fingerprint density at radius 1 is 1.19 bits per heavy atom.